The molecule has 2 rings (SSSR count). The summed E-state index contributed by atoms with van der Waals surface area (Å²) in [5.74, 6) is 0.972. The van der Waals surface area contributed by atoms with Crippen molar-refractivity contribution in [2.45, 2.75) is 52.1 Å². The number of likely N-dealkylation sites (tertiary alicyclic amines) is 2. The maximum atomic E-state index is 12.5. The lowest BCUT2D eigenvalue weighted by molar-refractivity contribution is -0.150. The van der Waals surface area contributed by atoms with Gasteiger partial charge in [-0.2, -0.15) is 13.2 Å². The highest BCUT2D eigenvalue weighted by Gasteiger charge is 2.32. The van der Waals surface area contributed by atoms with E-state index in [0.717, 1.165) is 51.2 Å². The molecule has 0 aliphatic carbocycles. The quantitative estimate of drug-likeness (QED) is 0.390. The maximum Gasteiger partial charge on any atom is 0.401 e. The van der Waals surface area contributed by atoms with Gasteiger partial charge in [-0.25, -0.2) is 0 Å². The summed E-state index contributed by atoms with van der Waals surface area (Å²) in [4.78, 5) is 20.4. The molecule has 0 unspecified atom stereocenters. The van der Waals surface area contributed by atoms with E-state index in [4.69, 9.17) is 9.73 Å². The van der Waals surface area contributed by atoms with Crippen molar-refractivity contribution in [2.75, 3.05) is 52.4 Å². The number of alkyl halides is 3. The average molecular weight is 421 g/mol. The summed E-state index contributed by atoms with van der Waals surface area (Å²) in [7, 11) is 0. The van der Waals surface area contributed by atoms with E-state index in [0.29, 0.717) is 38.7 Å². The SMILES string of the molecule is CCNC(=NCCC1CCN(CC(F)(F)F)CC1)N1CCC[C@H](C(=O)OCC)C1. The standard InChI is InChI=1S/C20H35F3N4O2/c1-3-24-19(27-11-5-6-17(14-27)18(28)29-4-2)25-10-7-16-8-12-26(13-9-16)15-20(21,22)23/h16-17H,3-15H2,1-2H3,(H,24,25)/t17-/m0/s1. The summed E-state index contributed by atoms with van der Waals surface area (Å²) in [5.41, 5.74) is 0. The Hall–Kier alpha value is -1.51. The highest BCUT2D eigenvalue weighted by molar-refractivity contribution is 5.81. The van der Waals surface area contributed by atoms with E-state index in [9.17, 15) is 18.0 Å². The molecular formula is C20H35F3N4O2. The van der Waals surface area contributed by atoms with Gasteiger partial charge in [-0.1, -0.05) is 0 Å². The minimum atomic E-state index is -4.12. The Morgan fingerprint density at radius 3 is 2.52 bits per heavy atom. The molecule has 2 aliphatic heterocycles. The molecule has 168 valence electrons. The van der Waals surface area contributed by atoms with Crippen LogP contribution in [0.25, 0.3) is 0 Å². The van der Waals surface area contributed by atoms with Gasteiger partial charge in [0.15, 0.2) is 5.96 Å². The van der Waals surface area contributed by atoms with Gasteiger partial charge in [-0.3, -0.25) is 14.7 Å². The molecule has 9 heteroatoms. The Morgan fingerprint density at radius 1 is 1.17 bits per heavy atom. The Morgan fingerprint density at radius 2 is 1.90 bits per heavy atom. The molecule has 2 fully saturated rings. The van der Waals surface area contributed by atoms with Crippen molar-refractivity contribution in [2.24, 2.45) is 16.8 Å². The summed E-state index contributed by atoms with van der Waals surface area (Å²) >= 11 is 0. The molecule has 6 nitrogen and oxygen atoms in total. The number of rotatable bonds is 7. The van der Waals surface area contributed by atoms with Crippen LogP contribution in [-0.2, 0) is 9.53 Å². The predicted molar refractivity (Wildman–Crippen MR) is 107 cm³/mol. The molecule has 0 aromatic heterocycles. The Kier molecular flexibility index (Phi) is 9.52. The number of carbonyl (C=O) groups is 1. The average Bonchev–Trinajstić information content (AvgIpc) is 2.68. The number of hydrogen-bond acceptors (Lipinski definition) is 4. The van der Waals surface area contributed by atoms with Gasteiger partial charge in [0.1, 0.15) is 0 Å². The van der Waals surface area contributed by atoms with E-state index in [1.807, 2.05) is 13.8 Å². The van der Waals surface area contributed by atoms with Gasteiger partial charge < -0.3 is 15.0 Å². The van der Waals surface area contributed by atoms with E-state index in [-0.39, 0.29) is 11.9 Å². The smallest absolute Gasteiger partial charge is 0.401 e. The van der Waals surface area contributed by atoms with E-state index in [1.54, 1.807) is 0 Å². The molecule has 1 atom stereocenters. The molecule has 29 heavy (non-hydrogen) atoms. The van der Waals surface area contributed by atoms with Crippen LogP contribution in [0, 0.1) is 11.8 Å². The zero-order valence-electron chi connectivity index (χ0n) is 17.6. The van der Waals surface area contributed by atoms with Gasteiger partial charge in [0, 0.05) is 26.2 Å². The van der Waals surface area contributed by atoms with Crippen molar-refractivity contribution in [1.82, 2.24) is 15.1 Å². The third-order valence-electron chi connectivity index (χ3n) is 5.58. The van der Waals surface area contributed by atoms with Crippen LogP contribution in [0.1, 0.15) is 46.0 Å². The molecule has 0 saturated carbocycles. The van der Waals surface area contributed by atoms with E-state index in [1.165, 1.54) is 4.90 Å². The van der Waals surface area contributed by atoms with Gasteiger partial charge >= 0.3 is 12.1 Å². The molecule has 1 N–H and O–H groups in total. The first-order valence-corrected chi connectivity index (χ1v) is 10.8. The normalized spacial score (nSPS) is 22.6. The molecular weight excluding hydrogens is 385 g/mol. The third kappa shape index (κ3) is 8.40. The second kappa shape index (κ2) is 11.6. The number of halogens is 3. The first-order valence-electron chi connectivity index (χ1n) is 10.8. The topological polar surface area (TPSA) is 57.2 Å². The highest BCUT2D eigenvalue weighted by atomic mass is 19.4. The number of guanidine groups is 1. The van der Waals surface area contributed by atoms with Gasteiger partial charge in [-0.15, -0.1) is 0 Å². The van der Waals surface area contributed by atoms with Gasteiger partial charge in [0.2, 0.25) is 0 Å². The molecule has 2 heterocycles. The van der Waals surface area contributed by atoms with Crippen molar-refractivity contribution in [3.05, 3.63) is 0 Å². The van der Waals surface area contributed by atoms with Crippen molar-refractivity contribution in [1.29, 1.82) is 0 Å². The van der Waals surface area contributed by atoms with Crippen LogP contribution in [-0.4, -0.2) is 80.3 Å². The molecule has 0 amide bonds. The number of nitrogens with zero attached hydrogens (tertiary/aromatic N) is 3. The minimum absolute atomic E-state index is 0.120. The van der Waals surface area contributed by atoms with Crippen LogP contribution in [0.15, 0.2) is 4.99 Å². The molecule has 2 saturated heterocycles. The first kappa shape index (κ1) is 23.8. The number of piperidine rings is 2. The number of ether oxygens (including phenoxy) is 1. The van der Waals surface area contributed by atoms with Gasteiger partial charge in [-0.05, 0) is 65.0 Å². The molecule has 0 aromatic carbocycles. The highest BCUT2D eigenvalue weighted by Crippen LogP contribution is 2.24. The number of carbonyl (C=O) groups excluding carboxylic acids is 1. The Bertz CT molecular complexity index is 534. The minimum Gasteiger partial charge on any atom is -0.466 e. The fraction of sp³-hybridized carbons (Fsp3) is 0.900. The summed E-state index contributed by atoms with van der Waals surface area (Å²) in [6.45, 7) is 7.28. The molecule has 0 spiro atoms. The third-order valence-corrected chi connectivity index (χ3v) is 5.58. The van der Waals surface area contributed by atoms with Crippen molar-refractivity contribution in [3.63, 3.8) is 0 Å². The van der Waals surface area contributed by atoms with Crippen molar-refractivity contribution >= 4 is 11.9 Å². The second-order valence-electron chi connectivity index (χ2n) is 7.90. The van der Waals surface area contributed by atoms with Crippen LogP contribution < -0.4 is 5.32 Å². The lowest BCUT2D eigenvalue weighted by atomic mass is 9.93. The second-order valence-corrected chi connectivity index (χ2v) is 7.90. The Balaban J connectivity index is 1.81. The number of esters is 1. The lowest BCUT2D eigenvalue weighted by Crippen LogP contribution is -2.48. The molecule has 0 radical (unpaired) electrons. The summed E-state index contributed by atoms with van der Waals surface area (Å²) < 4.78 is 42.7. The summed E-state index contributed by atoms with van der Waals surface area (Å²) in [6, 6.07) is 0. The van der Waals surface area contributed by atoms with E-state index >= 15 is 0 Å². The fourth-order valence-corrected chi connectivity index (χ4v) is 4.09. The van der Waals surface area contributed by atoms with Gasteiger partial charge in [0.05, 0.1) is 19.1 Å². The zero-order chi connectivity index (χ0) is 21.3. The van der Waals surface area contributed by atoms with Crippen molar-refractivity contribution < 1.29 is 22.7 Å². The number of hydrogen-bond donors (Lipinski definition) is 1. The molecule has 0 aromatic rings. The zero-order valence-corrected chi connectivity index (χ0v) is 17.6. The first-order chi connectivity index (χ1) is 13.8. The largest absolute Gasteiger partial charge is 0.466 e. The van der Waals surface area contributed by atoms with Crippen molar-refractivity contribution in [3.8, 4) is 0 Å². The summed E-state index contributed by atoms with van der Waals surface area (Å²) in [6.07, 6.45) is 0.0992. The fourth-order valence-electron chi connectivity index (χ4n) is 4.09. The van der Waals surface area contributed by atoms with Crippen LogP contribution >= 0.6 is 0 Å². The maximum absolute atomic E-state index is 12.5. The number of nitrogens with one attached hydrogen (secondary N) is 1. The number of aliphatic imine (C=N–C) groups is 1. The van der Waals surface area contributed by atoms with E-state index in [2.05, 4.69) is 10.2 Å². The van der Waals surface area contributed by atoms with Crippen LogP contribution in [0.5, 0.6) is 0 Å². The lowest BCUT2D eigenvalue weighted by Gasteiger charge is -2.34. The Labute approximate surface area is 171 Å². The molecule has 0 bridgehead atoms. The van der Waals surface area contributed by atoms with Gasteiger partial charge in [0.25, 0.3) is 0 Å². The predicted octanol–water partition coefficient (Wildman–Crippen LogP) is 2.89. The van der Waals surface area contributed by atoms with Crippen LogP contribution in [0.4, 0.5) is 13.2 Å². The van der Waals surface area contributed by atoms with Crippen LogP contribution in [0.3, 0.4) is 0 Å². The molecule has 2 aliphatic rings. The van der Waals surface area contributed by atoms with E-state index < -0.39 is 12.7 Å². The van der Waals surface area contributed by atoms with Crippen LogP contribution in [0.2, 0.25) is 0 Å². The summed E-state index contributed by atoms with van der Waals surface area (Å²) in [5, 5.41) is 3.30. The monoisotopic (exact) mass is 420 g/mol.